The number of hydrogen-bond acceptors (Lipinski definition) is 2. The molecule has 68 valence electrons. The molecule has 0 spiro atoms. The Bertz CT molecular complexity index is 322. The van der Waals surface area contributed by atoms with Gasteiger partial charge in [0, 0.05) is 5.69 Å². The third-order valence-electron chi connectivity index (χ3n) is 1.36. The largest absolute Gasteiger partial charge is 0.324 e. The minimum Gasteiger partial charge on any atom is -0.315 e. The molecule has 13 heavy (non-hydrogen) atoms. The van der Waals surface area contributed by atoms with Crippen molar-refractivity contribution in [3.05, 3.63) is 36.7 Å². The molecule has 1 aromatic heterocycles. The van der Waals surface area contributed by atoms with Gasteiger partial charge < -0.3 is 5.32 Å². The van der Waals surface area contributed by atoms with Gasteiger partial charge in [0.05, 0.1) is 0 Å². The summed E-state index contributed by atoms with van der Waals surface area (Å²) in [5.74, 6) is 0.527. The van der Waals surface area contributed by atoms with E-state index in [0.717, 1.165) is 5.69 Å². The molecule has 1 heterocycles. The maximum Gasteiger partial charge on any atom is 0.324 e. The first-order valence-corrected chi connectivity index (χ1v) is 3.84. The summed E-state index contributed by atoms with van der Waals surface area (Å²) in [4.78, 5) is 15.1. The van der Waals surface area contributed by atoms with E-state index in [0.29, 0.717) is 5.82 Å². The molecule has 0 aromatic carbocycles. The first-order valence-electron chi connectivity index (χ1n) is 3.84. The number of nitrogens with one attached hydrogen (secondary N) is 2. The van der Waals surface area contributed by atoms with Crippen LogP contribution in [0.5, 0.6) is 0 Å². The molecule has 2 N–H and O–H groups in total. The molecular weight excluding hydrogens is 166 g/mol. The number of aromatic nitrogens is 1. The lowest BCUT2D eigenvalue weighted by Gasteiger charge is -2.03. The topological polar surface area (TPSA) is 54.0 Å². The molecular formula is C9H11N3O. The van der Waals surface area contributed by atoms with E-state index < -0.39 is 0 Å². The van der Waals surface area contributed by atoms with E-state index >= 15 is 0 Å². The van der Waals surface area contributed by atoms with Gasteiger partial charge in [-0.3, -0.25) is 5.32 Å². The van der Waals surface area contributed by atoms with Crippen LogP contribution in [0.2, 0.25) is 0 Å². The summed E-state index contributed by atoms with van der Waals surface area (Å²) in [5, 5.41) is 4.94. The van der Waals surface area contributed by atoms with E-state index in [2.05, 4.69) is 22.2 Å². The van der Waals surface area contributed by atoms with Crippen molar-refractivity contribution < 1.29 is 4.79 Å². The van der Waals surface area contributed by atoms with Crippen LogP contribution in [0.1, 0.15) is 5.69 Å². The van der Waals surface area contributed by atoms with Crippen molar-refractivity contribution in [2.24, 2.45) is 0 Å². The normalized spacial score (nSPS) is 9.00. The summed E-state index contributed by atoms with van der Waals surface area (Å²) >= 11 is 0. The summed E-state index contributed by atoms with van der Waals surface area (Å²) in [6, 6.07) is 5.06. The number of pyridine rings is 1. The molecule has 0 aliphatic carbocycles. The molecule has 0 aliphatic heterocycles. The van der Waals surface area contributed by atoms with E-state index in [9.17, 15) is 4.79 Å². The first-order chi connectivity index (χ1) is 6.22. The molecule has 0 aliphatic rings. The summed E-state index contributed by atoms with van der Waals surface area (Å²) in [7, 11) is 0. The molecule has 0 fully saturated rings. The zero-order chi connectivity index (χ0) is 9.68. The number of amides is 2. The number of carbonyl (C=O) groups excluding carboxylic acids is 1. The number of rotatable bonds is 2. The Balaban J connectivity index is 2.63. The van der Waals surface area contributed by atoms with Gasteiger partial charge in [-0.1, -0.05) is 12.6 Å². The van der Waals surface area contributed by atoms with Gasteiger partial charge >= 0.3 is 6.03 Å². The van der Waals surface area contributed by atoms with Crippen LogP contribution in [0.25, 0.3) is 0 Å². The minimum absolute atomic E-state index is 0.340. The Morgan fingerprint density at radius 1 is 1.62 bits per heavy atom. The van der Waals surface area contributed by atoms with E-state index in [1.54, 1.807) is 6.07 Å². The maximum atomic E-state index is 11.0. The molecule has 4 heteroatoms. The van der Waals surface area contributed by atoms with Gasteiger partial charge in [-0.25, -0.2) is 9.78 Å². The second-order valence-corrected chi connectivity index (χ2v) is 2.47. The van der Waals surface area contributed by atoms with Gasteiger partial charge in [-0.05, 0) is 25.3 Å². The van der Waals surface area contributed by atoms with Crippen LogP contribution in [-0.4, -0.2) is 11.0 Å². The van der Waals surface area contributed by atoms with E-state index in [1.165, 1.54) is 6.20 Å². The molecule has 4 nitrogen and oxygen atoms in total. The predicted octanol–water partition coefficient (Wildman–Crippen LogP) is 1.66. The Morgan fingerprint density at radius 3 is 3.00 bits per heavy atom. The average Bonchev–Trinajstić information content (AvgIpc) is 2.04. The van der Waals surface area contributed by atoms with Crippen LogP contribution in [0, 0.1) is 6.92 Å². The fourth-order valence-corrected chi connectivity index (χ4v) is 0.858. The summed E-state index contributed by atoms with van der Waals surface area (Å²) in [5.41, 5.74) is 0.858. The zero-order valence-corrected chi connectivity index (χ0v) is 7.37. The number of carbonyl (C=O) groups is 1. The summed E-state index contributed by atoms with van der Waals surface area (Å²) in [6.45, 7) is 5.23. The third kappa shape index (κ3) is 2.94. The van der Waals surface area contributed by atoms with Crippen molar-refractivity contribution in [2.75, 3.05) is 5.32 Å². The van der Waals surface area contributed by atoms with Gasteiger partial charge in [0.2, 0.25) is 0 Å². The van der Waals surface area contributed by atoms with Crippen molar-refractivity contribution in [2.45, 2.75) is 6.92 Å². The van der Waals surface area contributed by atoms with Crippen molar-refractivity contribution in [1.82, 2.24) is 10.3 Å². The summed E-state index contributed by atoms with van der Waals surface area (Å²) < 4.78 is 0. The molecule has 0 atom stereocenters. The summed E-state index contributed by atoms with van der Waals surface area (Å²) in [6.07, 6.45) is 1.31. The number of nitrogens with zero attached hydrogens (tertiary/aromatic N) is 1. The Hall–Kier alpha value is -1.84. The van der Waals surface area contributed by atoms with Crippen LogP contribution in [-0.2, 0) is 0 Å². The van der Waals surface area contributed by atoms with Gasteiger partial charge in [-0.2, -0.15) is 0 Å². The van der Waals surface area contributed by atoms with E-state index in [-0.39, 0.29) is 6.03 Å². The fourth-order valence-electron chi connectivity index (χ4n) is 0.858. The quantitative estimate of drug-likeness (QED) is 0.721. The molecule has 0 radical (unpaired) electrons. The van der Waals surface area contributed by atoms with E-state index in [1.807, 2.05) is 19.1 Å². The highest BCUT2D eigenvalue weighted by Crippen LogP contribution is 2.02. The van der Waals surface area contributed by atoms with Gasteiger partial charge in [0.1, 0.15) is 5.82 Å². The number of hydrogen-bond donors (Lipinski definition) is 2. The number of aryl methyl sites for hydroxylation is 1. The minimum atomic E-state index is -0.340. The number of anilines is 1. The standard InChI is InChI=1S/C9H11N3O/c1-3-10-9(13)12-8-6-4-5-7(2)11-8/h3-6H,1H2,2H3,(H2,10,11,12,13). The Labute approximate surface area is 76.7 Å². The molecule has 1 aromatic rings. The first kappa shape index (κ1) is 9.25. The second-order valence-electron chi connectivity index (χ2n) is 2.47. The van der Waals surface area contributed by atoms with Gasteiger partial charge in [0.15, 0.2) is 0 Å². The van der Waals surface area contributed by atoms with Crippen LogP contribution < -0.4 is 10.6 Å². The molecule has 2 amide bonds. The fraction of sp³-hybridized carbons (Fsp3) is 0.111. The zero-order valence-electron chi connectivity index (χ0n) is 7.37. The highest BCUT2D eigenvalue weighted by atomic mass is 16.2. The SMILES string of the molecule is C=CNC(=O)Nc1cccc(C)n1. The smallest absolute Gasteiger partial charge is 0.315 e. The van der Waals surface area contributed by atoms with Crippen molar-refractivity contribution in [1.29, 1.82) is 0 Å². The Morgan fingerprint density at radius 2 is 2.38 bits per heavy atom. The predicted molar refractivity (Wildman–Crippen MR) is 51.3 cm³/mol. The lowest BCUT2D eigenvalue weighted by atomic mass is 10.4. The lowest BCUT2D eigenvalue weighted by molar-refractivity contribution is 0.255. The lowest BCUT2D eigenvalue weighted by Crippen LogP contribution is -2.24. The third-order valence-corrected chi connectivity index (χ3v) is 1.36. The van der Waals surface area contributed by atoms with Crippen LogP contribution in [0.4, 0.5) is 10.6 Å². The molecule has 0 unspecified atom stereocenters. The van der Waals surface area contributed by atoms with Crippen molar-refractivity contribution >= 4 is 11.8 Å². The van der Waals surface area contributed by atoms with Gasteiger partial charge in [0.25, 0.3) is 0 Å². The highest BCUT2D eigenvalue weighted by Gasteiger charge is 1.98. The average molecular weight is 177 g/mol. The molecule has 1 rings (SSSR count). The second kappa shape index (κ2) is 4.25. The maximum absolute atomic E-state index is 11.0. The monoisotopic (exact) mass is 177 g/mol. The molecule has 0 saturated carbocycles. The van der Waals surface area contributed by atoms with Crippen LogP contribution in [0.15, 0.2) is 31.0 Å². The van der Waals surface area contributed by atoms with Gasteiger partial charge in [-0.15, -0.1) is 0 Å². The Kier molecular flexibility index (Phi) is 3.03. The highest BCUT2D eigenvalue weighted by molar-refractivity contribution is 5.88. The van der Waals surface area contributed by atoms with Crippen LogP contribution >= 0.6 is 0 Å². The van der Waals surface area contributed by atoms with Crippen molar-refractivity contribution in [3.8, 4) is 0 Å². The molecule has 0 bridgehead atoms. The van der Waals surface area contributed by atoms with E-state index in [4.69, 9.17) is 0 Å². The molecule has 0 saturated heterocycles. The van der Waals surface area contributed by atoms with Crippen molar-refractivity contribution in [3.63, 3.8) is 0 Å². The number of urea groups is 1. The van der Waals surface area contributed by atoms with Crippen LogP contribution in [0.3, 0.4) is 0 Å².